The van der Waals surface area contributed by atoms with Gasteiger partial charge < -0.3 is 0 Å². The molecule has 0 bridgehead atoms. The van der Waals surface area contributed by atoms with Crippen molar-refractivity contribution in [2.75, 3.05) is 0 Å². The Balaban J connectivity index is 2.14. The molecule has 3 N–H and O–H groups in total. The molecule has 2 rings (SSSR count). The lowest BCUT2D eigenvalue weighted by Gasteiger charge is -2.29. The van der Waals surface area contributed by atoms with Gasteiger partial charge in [-0.3, -0.25) is 11.3 Å². The zero-order valence-electron chi connectivity index (χ0n) is 8.95. The molecule has 2 heteroatoms. The second kappa shape index (κ2) is 4.60. The minimum Gasteiger partial charge on any atom is -0.271 e. The van der Waals surface area contributed by atoms with Crippen LogP contribution in [0.2, 0.25) is 0 Å². The molecule has 0 aliphatic heterocycles. The number of nitrogens with one attached hydrogen (secondary N) is 1. The Hall–Kier alpha value is -1.12. The fraction of sp³-hybridized carbons (Fsp3) is 0.385. The third kappa shape index (κ3) is 2.11. The summed E-state index contributed by atoms with van der Waals surface area (Å²) >= 11 is 0. The van der Waals surface area contributed by atoms with E-state index in [2.05, 4.69) is 36.3 Å². The van der Waals surface area contributed by atoms with Crippen LogP contribution in [-0.2, 0) is 12.8 Å². The molecule has 0 radical (unpaired) electrons. The third-order valence-electron chi connectivity index (χ3n) is 3.34. The van der Waals surface area contributed by atoms with Gasteiger partial charge in [-0.2, -0.15) is 0 Å². The van der Waals surface area contributed by atoms with E-state index in [0.29, 0.717) is 5.92 Å². The van der Waals surface area contributed by atoms with E-state index in [9.17, 15) is 0 Å². The first-order valence-corrected chi connectivity index (χ1v) is 5.50. The van der Waals surface area contributed by atoms with Gasteiger partial charge in [-0.15, -0.1) is 6.58 Å². The number of fused-ring (bicyclic) bond motifs is 1. The summed E-state index contributed by atoms with van der Waals surface area (Å²) in [6.07, 6.45) is 5.38. The molecule has 1 aliphatic rings. The second-order valence-electron chi connectivity index (χ2n) is 4.20. The van der Waals surface area contributed by atoms with Gasteiger partial charge in [0.2, 0.25) is 0 Å². The van der Waals surface area contributed by atoms with Crippen LogP contribution < -0.4 is 11.3 Å². The molecule has 0 amide bonds. The van der Waals surface area contributed by atoms with Crippen molar-refractivity contribution in [3.63, 3.8) is 0 Å². The van der Waals surface area contributed by atoms with E-state index < -0.39 is 0 Å². The van der Waals surface area contributed by atoms with Gasteiger partial charge in [-0.25, -0.2) is 0 Å². The topological polar surface area (TPSA) is 38.0 Å². The zero-order valence-corrected chi connectivity index (χ0v) is 8.95. The Morgan fingerprint density at radius 3 is 2.80 bits per heavy atom. The number of hydrogen-bond donors (Lipinski definition) is 2. The van der Waals surface area contributed by atoms with Gasteiger partial charge in [0.15, 0.2) is 0 Å². The Morgan fingerprint density at radius 2 is 2.13 bits per heavy atom. The van der Waals surface area contributed by atoms with Crippen molar-refractivity contribution in [2.24, 2.45) is 11.8 Å². The SMILES string of the molecule is C=CC(NN)C1CCc2ccccc2C1. The van der Waals surface area contributed by atoms with Gasteiger partial charge in [-0.1, -0.05) is 30.3 Å². The van der Waals surface area contributed by atoms with Gasteiger partial charge >= 0.3 is 0 Å². The van der Waals surface area contributed by atoms with E-state index in [4.69, 9.17) is 5.84 Å². The Kier molecular flexibility index (Phi) is 3.19. The van der Waals surface area contributed by atoms with Crippen LogP contribution in [0.25, 0.3) is 0 Å². The second-order valence-corrected chi connectivity index (χ2v) is 4.20. The maximum Gasteiger partial charge on any atom is 0.0419 e. The summed E-state index contributed by atoms with van der Waals surface area (Å²) in [4.78, 5) is 0. The Labute approximate surface area is 91.2 Å². The van der Waals surface area contributed by atoms with Gasteiger partial charge in [0.1, 0.15) is 0 Å². The summed E-state index contributed by atoms with van der Waals surface area (Å²) in [6, 6.07) is 8.91. The van der Waals surface area contributed by atoms with Crippen LogP contribution in [0, 0.1) is 5.92 Å². The number of benzene rings is 1. The first kappa shape index (κ1) is 10.4. The van der Waals surface area contributed by atoms with E-state index in [0.717, 1.165) is 12.8 Å². The average Bonchev–Trinajstić information content (AvgIpc) is 2.30. The molecule has 0 saturated heterocycles. The summed E-state index contributed by atoms with van der Waals surface area (Å²) in [5.41, 5.74) is 5.80. The summed E-state index contributed by atoms with van der Waals surface area (Å²) < 4.78 is 0. The molecule has 80 valence electrons. The van der Waals surface area contributed by atoms with Crippen LogP contribution in [0.1, 0.15) is 17.5 Å². The highest BCUT2D eigenvalue weighted by molar-refractivity contribution is 5.30. The smallest absolute Gasteiger partial charge is 0.0419 e. The predicted molar refractivity (Wildman–Crippen MR) is 63.3 cm³/mol. The highest BCUT2D eigenvalue weighted by atomic mass is 15.2. The average molecular weight is 202 g/mol. The number of rotatable bonds is 3. The summed E-state index contributed by atoms with van der Waals surface area (Å²) in [6.45, 7) is 3.82. The highest BCUT2D eigenvalue weighted by Gasteiger charge is 2.23. The molecule has 0 saturated carbocycles. The van der Waals surface area contributed by atoms with Crippen molar-refractivity contribution >= 4 is 0 Å². The van der Waals surface area contributed by atoms with Crippen molar-refractivity contribution in [2.45, 2.75) is 25.3 Å². The maximum atomic E-state index is 5.51. The van der Waals surface area contributed by atoms with Gasteiger partial charge in [0, 0.05) is 6.04 Å². The Bertz CT molecular complexity index is 346. The molecule has 0 aromatic heterocycles. The number of aryl methyl sites for hydroxylation is 1. The maximum absolute atomic E-state index is 5.51. The molecule has 2 unspecified atom stereocenters. The molecule has 2 nitrogen and oxygen atoms in total. The molecule has 1 aromatic carbocycles. The van der Waals surface area contributed by atoms with E-state index in [1.807, 2.05) is 6.08 Å². The third-order valence-corrected chi connectivity index (χ3v) is 3.34. The largest absolute Gasteiger partial charge is 0.271 e. The monoisotopic (exact) mass is 202 g/mol. The molecule has 1 aromatic rings. The molecule has 15 heavy (non-hydrogen) atoms. The normalized spacial score (nSPS) is 21.8. The van der Waals surface area contributed by atoms with Crippen molar-refractivity contribution in [1.29, 1.82) is 0 Å². The minimum absolute atomic E-state index is 0.235. The number of hydrogen-bond acceptors (Lipinski definition) is 2. The van der Waals surface area contributed by atoms with Crippen LogP contribution >= 0.6 is 0 Å². The van der Waals surface area contributed by atoms with Gasteiger partial charge in [0.25, 0.3) is 0 Å². The van der Waals surface area contributed by atoms with Gasteiger partial charge in [-0.05, 0) is 36.3 Å². The van der Waals surface area contributed by atoms with Crippen LogP contribution in [0.4, 0.5) is 0 Å². The highest BCUT2D eigenvalue weighted by Crippen LogP contribution is 2.27. The van der Waals surface area contributed by atoms with Gasteiger partial charge in [0.05, 0.1) is 0 Å². The first-order valence-electron chi connectivity index (χ1n) is 5.50. The van der Waals surface area contributed by atoms with E-state index >= 15 is 0 Å². The van der Waals surface area contributed by atoms with Crippen molar-refractivity contribution in [1.82, 2.24) is 5.43 Å². The fourth-order valence-corrected chi connectivity index (χ4v) is 2.43. The Morgan fingerprint density at radius 1 is 1.40 bits per heavy atom. The summed E-state index contributed by atoms with van der Waals surface area (Å²) in [7, 11) is 0. The van der Waals surface area contributed by atoms with Crippen LogP contribution in [0.15, 0.2) is 36.9 Å². The summed E-state index contributed by atoms with van der Waals surface area (Å²) in [5, 5.41) is 0. The fourth-order valence-electron chi connectivity index (χ4n) is 2.43. The summed E-state index contributed by atoms with van der Waals surface area (Å²) in [5.74, 6) is 6.10. The van der Waals surface area contributed by atoms with Crippen LogP contribution in [0.5, 0.6) is 0 Å². The lowest BCUT2D eigenvalue weighted by atomic mass is 9.80. The van der Waals surface area contributed by atoms with Crippen molar-refractivity contribution in [3.8, 4) is 0 Å². The molecule has 0 fully saturated rings. The molecule has 0 heterocycles. The number of hydrazine groups is 1. The standard InChI is InChI=1S/C13H18N2/c1-2-13(15-14)12-8-7-10-5-3-4-6-11(10)9-12/h2-6,12-13,15H,1,7-9,14H2. The van der Waals surface area contributed by atoms with Crippen LogP contribution in [0.3, 0.4) is 0 Å². The molecular formula is C13H18N2. The molecule has 1 aliphatic carbocycles. The molecule has 0 spiro atoms. The zero-order chi connectivity index (χ0) is 10.7. The van der Waals surface area contributed by atoms with Crippen LogP contribution in [-0.4, -0.2) is 6.04 Å². The minimum atomic E-state index is 0.235. The molecule has 2 atom stereocenters. The van der Waals surface area contributed by atoms with E-state index in [1.54, 1.807) is 0 Å². The molecular weight excluding hydrogens is 184 g/mol. The first-order chi connectivity index (χ1) is 7.35. The van der Waals surface area contributed by atoms with Crippen molar-refractivity contribution < 1.29 is 0 Å². The van der Waals surface area contributed by atoms with E-state index in [-0.39, 0.29) is 6.04 Å². The van der Waals surface area contributed by atoms with Crippen molar-refractivity contribution in [3.05, 3.63) is 48.0 Å². The lowest BCUT2D eigenvalue weighted by molar-refractivity contribution is 0.369. The quantitative estimate of drug-likeness (QED) is 0.445. The number of nitrogens with two attached hydrogens (primary N) is 1. The predicted octanol–water partition coefficient (Wildman–Crippen LogP) is 1.81. The lowest BCUT2D eigenvalue weighted by Crippen LogP contribution is -2.41. The van der Waals surface area contributed by atoms with E-state index in [1.165, 1.54) is 17.5 Å².